The molecule has 4 rings (SSSR count). The number of fused-ring (bicyclic) bond motifs is 3. The molecule has 0 saturated heterocycles. The second-order valence-corrected chi connectivity index (χ2v) is 7.43. The van der Waals surface area contributed by atoms with Gasteiger partial charge in [-0.1, -0.05) is 23.9 Å². The maximum absolute atomic E-state index is 12.4. The van der Waals surface area contributed by atoms with E-state index < -0.39 is 0 Å². The molecule has 0 aliphatic rings. The Kier molecular flexibility index (Phi) is 4.21. The number of thioether (sulfide) groups is 1. The number of nitrogens with zero attached hydrogens (tertiary/aromatic N) is 5. The van der Waals surface area contributed by atoms with Crippen molar-refractivity contribution in [2.75, 3.05) is 11.1 Å². The molecule has 4 aromatic rings. The number of carbonyl (C=O) groups excluding carboxylic acids is 1. The van der Waals surface area contributed by atoms with Crippen LogP contribution >= 0.6 is 23.1 Å². The lowest BCUT2D eigenvalue weighted by molar-refractivity contribution is -0.113. The summed E-state index contributed by atoms with van der Waals surface area (Å²) in [5.41, 5.74) is 1.46. The van der Waals surface area contributed by atoms with Gasteiger partial charge in [0.1, 0.15) is 0 Å². The number of nitrogens with one attached hydrogen (secondary N) is 1. The van der Waals surface area contributed by atoms with Crippen molar-refractivity contribution in [1.82, 2.24) is 24.1 Å². The Hall–Kier alpha value is -2.72. The summed E-state index contributed by atoms with van der Waals surface area (Å²) in [7, 11) is 1.66. The molecule has 3 aromatic heterocycles. The fourth-order valence-electron chi connectivity index (χ4n) is 2.60. The van der Waals surface area contributed by atoms with Gasteiger partial charge < -0.3 is 5.32 Å². The second-order valence-electron chi connectivity index (χ2n) is 5.63. The van der Waals surface area contributed by atoms with Crippen LogP contribution in [0.3, 0.4) is 0 Å². The van der Waals surface area contributed by atoms with E-state index in [0.29, 0.717) is 27.0 Å². The average Bonchev–Trinajstić information content (AvgIpc) is 3.24. The monoisotopic (exact) mass is 386 g/mol. The van der Waals surface area contributed by atoms with E-state index in [0.717, 1.165) is 5.69 Å². The Balaban J connectivity index is 1.65. The quantitative estimate of drug-likeness (QED) is 0.540. The van der Waals surface area contributed by atoms with Crippen molar-refractivity contribution >= 4 is 50.8 Å². The first-order chi connectivity index (χ1) is 12.5. The molecule has 1 amide bonds. The molecular formula is C16H14N6O2S2. The second kappa shape index (κ2) is 6.54. The van der Waals surface area contributed by atoms with Gasteiger partial charge in [0.05, 0.1) is 22.3 Å². The third-order valence-corrected chi connectivity index (χ3v) is 5.60. The number of aromatic nitrogens is 5. The van der Waals surface area contributed by atoms with E-state index in [1.165, 1.54) is 27.7 Å². The summed E-state index contributed by atoms with van der Waals surface area (Å²) in [6.07, 6.45) is 0. The SMILES string of the molecule is Cc1csc(NC(=O)CSc2nnc3n(C)c(=O)c4ccccc4n23)n1. The van der Waals surface area contributed by atoms with E-state index in [9.17, 15) is 9.59 Å². The van der Waals surface area contributed by atoms with Gasteiger partial charge in [0.25, 0.3) is 5.56 Å². The van der Waals surface area contributed by atoms with E-state index in [1.807, 2.05) is 30.5 Å². The minimum Gasteiger partial charge on any atom is -0.301 e. The molecule has 0 saturated carbocycles. The van der Waals surface area contributed by atoms with Crippen LogP contribution in [0.25, 0.3) is 16.7 Å². The zero-order valence-electron chi connectivity index (χ0n) is 14.0. The molecule has 0 aliphatic heterocycles. The van der Waals surface area contributed by atoms with Crippen LogP contribution in [0.2, 0.25) is 0 Å². The lowest BCUT2D eigenvalue weighted by atomic mass is 10.2. The molecule has 0 unspecified atom stereocenters. The summed E-state index contributed by atoms with van der Waals surface area (Å²) in [6.45, 7) is 1.87. The first kappa shape index (κ1) is 16.7. The predicted molar refractivity (Wildman–Crippen MR) is 102 cm³/mol. The van der Waals surface area contributed by atoms with E-state index >= 15 is 0 Å². The molecule has 0 atom stereocenters. The van der Waals surface area contributed by atoms with Crippen molar-refractivity contribution in [3.63, 3.8) is 0 Å². The minimum absolute atomic E-state index is 0.131. The average molecular weight is 386 g/mol. The van der Waals surface area contributed by atoms with Gasteiger partial charge in [0.2, 0.25) is 11.7 Å². The van der Waals surface area contributed by atoms with Crippen LogP contribution in [0.1, 0.15) is 5.69 Å². The predicted octanol–water partition coefficient (Wildman–Crippen LogP) is 2.08. The number of hydrogen-bond acceptors (Lipinski definition) is 7. The highest BCUT2D eigenvalue weighted by molar-refractivity contribution is 7.99. The highest BCUT2D eigenvalue weighted by atomic mass is 32.2. The van der Waals surface area contributed by atoms with Crippen molar-refractivity contribution in [2.24, 2.45) is 7.05 Å². The highest BCUT2D eigenvalue weighted by Gasteiger charge is 2.16. The Morgan fingerprint density at radius 3 is 2.88 bits per heavy atom. The van der Waals surface area contributed by atoms with Crippen molar-refractivity contribution in [2.45, 2.75) is 12.1 Å². The number of rotatable bonds is 4. The van der Waals surface area contributed by atoms with Crippen LogP contribution in [0.15, 0.2) is 39.6 Å². The topological polar surface area (TPSA) is 94.2 Å². The van der Waals surface area contributed by atoms with Crippen molar-refractivity contribution in [1.29, 1.82) is 0 Å². The fraction of sp³-hybridized carbons (Fsp3) is 0.188. The third-order valence-electron chi connectivity index (χ3n) is 3.79. The largest absolute Gasteiger partial charge is 0.301 e. The van der Waals surface area contributed by atoms with E-state index in [-0.39, 0.29) is 17.2 Å². The molecule has 8 nitrogen and oxygen atoms in total. The number of aryl methyl sites for hydroxylation is 2. The van der Waals surface area contributed by atoms with Gasteiger partial charge in [0.15, 0.2) is 10.3 Å². The molecule has 132 valence electrons. The smallest absolute Gasteiger partial charge is 0.262 e. The Morgan fingerprint density at radius 1 is 1.31 bits per heavy atom. The molecule has 0 radical (unpaired) electrons. The molecule has 1 N–H and O–H groups in total. The van der Waals surface area contributed by atoms with Gasteiger partial charge in [-0.2, -0.15) is 0 Å². The first-order valence-corrected chi connectivity index (χ1v) is 9.59. The van der Waals surface area contributed by atoms with Gasteiger partial charge in [0, 0.05) is 12.4 Å². The summed E-state index contributed by atoms with van der Waals surface area (Å²) in [5, 5.41) is 14.6. The zero-order valence-corrected chi connectivity index (χ0v) is 15.6. The number of para-hydroxylation sites is 1. The highest BCUT2D eigenvalue weighted by Crippen LogP contribution is 2.22. The van der Waals surface area contributed by atoms with E-state index in [2.05, 4.69) is 20.5 Å². The number of hydrogen-bond donors (Lipinski definition) is 1. The van der Waals surface area contributed by atoms with Gasteiger partial charge in [-0.15, -0.1) is 21.5 Å². The molecule has 1 aromatic carbocycles. The summed E-state index contributed by atoms with van der Waals surface area (Å²) < 4.78 is 3.25. The normalized spacial score (nSPS) is 11.3. The summed E-state index contributed by atoms with van der Waals surface area (Å²) in [4.78, 5) is 28.8. The molecule has 0 bridgehead atoms. The van der Waals surface area contributed by atoms with E-state index in [1.54, 1.807) is 17.5 Å². The van der Waals surface area contributed by atoms with E-state index in [4.69, 9.17) is 0 Å². The lowest BCUT2D eigenvalue weighted by Crippen LogP contribution is -2.20. The van der Waals surface area contributed by atoms with Gasteiger partial charge in [-0.05, 0) is 19.1 Å². The van der Waals surface area contributed by atoms with Crippen LogP contribution < -0.4 is 10.9 Å². The molecule has 0 fully saturated rings. The number of benzene rings is 1. The number of anilines is 1. The standard InChI is InChI=1S/C16H14N6O2S2/c1-9-7-25-14(17-9)18-12(23)8-26-16-20-19-15-21(2)13(24)10-5-3-4-6-11(10)22(15)16/h3-7H,8H2,1-2H3,(H,17,18,23). The van der Waals surface area contributed by atoms with Crippen molar-refractivity contribution < 1.29 is 4.79 Å². The lowest BCUT2D eigenvalue weighted by Gasteiger charge is -2.07. The number of carbonyl (C=O) groups is 1. The zero-order chi connectivity index (χ0) is 18.3. The van der Waals surface area contributed by atoms with Crippen LogP contribution in [0.5, 0.6) is 0 Å². The fourth-order valence-corrected chi connectivity index (χ4v) is 4.05. The third kappa shape index (κ3) is 2.86. The van der Waals surface area contributed by atoms with Gasteiger partial charge in [-0.3, -0.25) is 18.6 Å². The first-order valence-electron chi connectivity index (χ1n) is 7.72. The van der Waals surface area contributed by atoms with Gasteiger partial charge >= 0.3 is 0 Å². The number of thiazole rings is 1. The molecule has 10 heteroatoms. The minimum atomic E-state index is -0.171. The number of amides is 1. The Morgan fingerprint density at radius 2 is 2.12 bits per heavy atom. The van der Waals surface area contributed by atoms with Crippen LogP contribution in [0.4, 0.5) is 5.13 Å². The van der Waals surface area contributed by atoms with Crippen LogP contribution in [-0.4, -0.2) is 35.8 Å². The molecule has 0 aliphatic carbocycles. The van der Waals surface area contributed by atoms with Crippen molar-refractivity contribution in [3.8, 4) is 0 Å². The molecule has 26 heavy (non-hydrogen) atoms. The maximum atomic E-state index is 12.4. The molecular weight excluding hydrogens is 372 g/mol. The summed E-state index contributed by atoms with van der Waals surface area (Å²) in [6, 6.07) is 7.28. The van der Waals surface area contributed by atoms with Crippen LogP contribution in [-0.2, 0) is 11.8 Å². The molecule has 0 spiro atoms. The summed E-state index contributed by atoms with van der Waals surface area (Å²) in [5.74, 6) is 0.429. The van der Waals surface area contributed by atoms with Crippen molar-refractivity contribution in [3.05, 3.63) is 45.7 Å². The Bertz CT molecular complexity index is 1190. The van der Waals surface area contributed by atoms with Gasteiger partial charge in [-0.25, -0.2) is 4.98 Å². The Labute approximate surface area is 155 Å². The summed E-state index contributed by atoms with van der Waals surface area (Å²) >= 11 is 2.64. The van der Waals surface area contributed by atoms with Crippen LogP contribution in [0, 0.1) is 6.92 Å². The maximum Gasteiger partial charge on any atom is 0.262 e. The molecule has 3 heterocycles.